The third kappa shape index (κ3) is 5.71. The number of amides is 1. The number of hydrogen-bond acceptors (Lipinski definition) is 2. The molecule has 0 atom stereocenters. The van der Waals surface area contributed by atoms with Crippen LogP contribution in [0.4, 0.5) is 5.69 Å². The third-order valence-corrected chi connectivity index (χ3v) is 5.04. The molecule has 29 heavy (non-hydrogen) atoms. The minimum absolute atomic E-state index is 0.0596. The molecule has 2 N–H and O–H groups in total. The first-order valence-electron chi connectivity index (χ1n) is 9.99. The normalized spacial score (nSPS) is 11.1. The van der Waals surface area contributed by atoms with Gasteiger partial charge in [0.1, 0.15) is 0 Å². The molecule has 3 heteroatoms. The van der Waals surface area contributed by atoms with E-state index in [1.54, 1.807) is 0 Å². The molecule has 0 aliphatic rings. The number of aryl methyl sites for hydroxylation is 3. The first-order chi connectivity index (χ1) is 13.8. The fourth-order valence-corrected chi connectivity index (χ4v) is 3.61. The van der Waals surface area contributed by atoms with Crippen molar-refractivity contribution in [1.29, 1.82) is 0 Å². The fraction of sp³-hybridized carbons (Fsp3) is 0.269. The molecule has 3 nitrogen and oxygen atoms in total. The van der Waals surface area contributed by atoms with Gasteiger partial charge in [-0.15, -0.1) is 0 Å². The van der Waals surface area contributed by atoms with Crippen molar-refractivity contribution in [2.24, 2.45) is 0 Å². The van der Waals surface area contributed by atoms with Crippen LogP contribution >= 0.6 is 0 Å². The molecule has 0 bridgehead atoms. The molecular formula is C26H32N2O. The smallest absolute Gasteiger partial charge is 0.221 e. The van der Waals surface area contributed by atoms with Crippen molar-refractivity contribution in [3.63, 3.8) is 0 Å². The second-order valence-corrected chi connectivity index (χ2v) is 7.39. The first kappa shape index (κ1) is 22.2. The molecule has 0 saturated heterocycles. The molecule has 0 fully saturated rings. The highest BCUT2D eigenvalue weighted by Crippen LogP contribution is 2.29. The molecular weight excluding hydrogens is 356 g/mol. The highest BCUT2D eigenvalue weighted by atomic mass is 16.1. The van der Waals surface area contributed by atoms with E-state index in [1.165, 1.54) is 34.8 Å². The topological polar surface area (TPSA) is 41.1 Å². The van der Waals surface area contributed by atoms with Gasteiger partial charge in [0, 0.05) is 30.9 Å². The van der Waals surface area contributed by atoms with E-state index in [2.05, 4.69) is 74.9 Å². The van der Waals surface area contributed by atoms with Gasteiger partial charge in [-0.25, -0.2) is 0 Å². The Bertz CT molecular complexity index is 967. The lowest BCUT2D eigenvalue weighted by atomic mass is 9.89. The number of rotatable bonds is 8. The SMILES string of the molecule is C=C/C=C(/Cc1cc(CC)cc(NC(C)=O)c1)c1cc(C(=C)NC)c(C)cc1C. The maximum atomic E-state index is 11.5. The molecule has 0 aliphatic heterocycles. The van der Waals surface area contributed by atoms with Crippen molar-refractivity contribution in [2.45, 2.75) is 40.5 Å². The van der Waals surface area contributed by atoms with Crippen molar-refractivity contribution in [3.8, 4) is 0 Å². The van der Waals surface area contributed by atoms with Crippen LogP contribution in [0.1, 0.15) is 47.2 Å². The van der Waals surface area contributed by atoms with Gasteiger partial charge < -0.3 is 10.6 Å². The van der Waals surface area contributed by atoms with Gasteiger partial charge in [0.25, 0.3) is 0 Å². The summed E-state index contributed by atoms with van der Waals surface area (Å²) in [7, 11) is 1.89. The number of anilines is 1. The quantitative estimate of drug-likeness (QED) is 0.559. The zero-order chi connectivity index (χ0) is 21.6. The number of benzene rings is 2. The lowest BCUT2D eigenvalue weighted by Gasteiger charge is -2.17. The third-order valence-electron chi connectivity index (χ3n) is 5.04. The zero-order valence-electron chi connectivity index (χ0n) is 18.3. The molecule has 0 spiro atoms. The lowest BCUT2D eigenvalue weighted by Crippen LogP contribution is -2.07. The predicted octanol–water partition coefficient (Wildman–Crippen LogP) is 5.83. The number of carbonyl (C=O) groups is 1. The Hall–Kier alpha value is -3.07. The second-order valence-electron chi connectivity index (χ2n) is 7.39. The van der Waals surface area contributed by atoms with E-state index in [0.717, 1.165) is 35.4 Å². The van der Waals surface area contributed by atoms with Crippen LogP contribution in [0.25, 0.3) is 11.3 Å². The van der Waals surface area contributed by atoms with Crippen LogP contribution in [0.2, 0.25) is 0 Å². The van der Waals surface area contributed by atoms with Crippen molar-refractivity contribution in [2.75, 3.05) is 12.4 Å². The van der Waals surface area contributed by atoms with Gasteiger partial charge in [-0.2, -0.15) is 0 Å². The van der Waals surface area contributed by atoms with Gasteiger partial charge in [-0.05, 0) is 78.3 Å². The van der Waals surface area contributed by atoms with Crippen molar-refractivity contribution >= 4 is 22.9 Å². The lowest BCUT2D eigenvalue weighted by molar-refractivity contribution is -0.114. The molecule has 1 amide bonds. The van der Waals surface area contributed by atoms with Gasteiger partial charge in [0.2, 0.25) is 5.91 Å². The fourth-order valence-electron chi connectivity index (χ4n) is 3.61. The Morgan fingerprint density at radius 2 is 1.69 bits per heavy atom. The Kier molecular flexibility index (Phi) is 7.60. The standard InChI is InChI=1S/C26H32N2O/c1-8-10-23(26-16-25(19(5)27-7)17(3)11-18(26)4)13-22-12-21(9-2)14-24(15-22)28-20(6)29/h8,10-12,14-16,27H,1,5,9,13H2,2-4,6-7H3,(H,28,29)/b23-10-. The molecule has 152 valence electrons. The van der Waals surface area contributed by atoms with Gasteiger partial charge in [-0.1, -0.05) is 44.4 Å². The van der Waals surface area contributed by atoms with Gasteiger partial charge in [-0.3, -0.25) is 4.79 Å². The highest BCUT2D eigenvalue weighted by Gasteiger charge is 2.12. The van der Waals surface area contributed by atoms with Crippen LogP contribution in [0.5, 0.6) is 0 Å². The van der Waals surface area contributed by atoms with Gasteiger partial charge >= 0.3 is 0 Å². The Morgan fingerprint density at radius 3 is 2.28 bits per heavy atom. The molecule has 0 radical (unpaired) electrons. The maximum absolute atomic E-state index is 11.5. The molecule has 2 aromatic rings. The molecule has 0 aromatic heterocycles. The molecule has 0 unspecified atom stereocenters. The van der Waals surface area contributed by atoms with Crippen molar-refractivity contribution in [1.82, 2.24) is 5.32 Å². The van der Waals surface area contributed by atoms with Crippen LogP contribution in [-0.2, 0) is 17.6 Å². The minimum atomic E-state index is -0.0596. The van der Waals surface area contributed by atoms with Crippen molar-refractivity contribution < 1.29 is 4.79 Å². The van der Waals surface area contributed by atoms with Crippen LogP contribution in [0.3, 0.4) is 0 Å². The second kappa shape index (κ2) is 9.92. The zero-order valence-corrected chi connectivity index (χ0v) is 18.3. The van der Waals surface area contributed by atoms with Crippen LogP contribution < -0.4 is 10.6 Å². The number of hydrogen-bond donors (Lipinski definition) is 2. The predicted molar refractivity (Wildman–Crippen MR) is 126 cm³/mol. The molecule has 2 rings (SSSR count). The maximum Gasteiger partial charge on any atom is 0.221 e. The summed E-state index contributed by atoms with van der Waals surface area (Å²) >= 11 is 0. The highest BCUT2D eigenvalue weighted by molar-refractivity contribution is 5.89. The summed E-state index contributed by atoms with van der Waals surface area (Å²) in [6.07, 6.45) is 5.57. The van der Waals surface area contributed by atoms with Gasteiger partial charge in [0.05, 0.1) is 0 Å². The van der Waals surface area contributed by atoms with Gasteiger partial charge in [0.15, 0.2) is 0 Å². The number of allylic oxidation sites excluding steroid dienone is 3. The number of nitrogens with one attached hydrogen (secondary N) is 2. The summed E-state index contributed by atoms with van der Waals surface area (Å²) in [5.41, 5.74) is 10.0. The Morgan fingerprint density at radius 1 is 1.03 bits per heavy atom. The van der Waals surface area contributed by atoms with E-state index in [0.29, 0.717) is 0 Å². The van der Waals surface area contributed by atoms with Crippen LogP contribution in [0.15, 0.2) is 55.6 Å². The van der Waals surface area contributed by atoms with E-state index >= 15 is 0 Å². The minimum Gasteiger partial charge on any atom is -0.388 e. The Labute approximate surface area is 175 Å². The Balaban J connectivity index is 2.52. The van der Waals surface area contributed by atoms with Crippen molar-refractivity contribution in [3.05, 3.63) is 89.0 Å². The largest absolute Gasteiger partial charge is 0.388 e. The van der Waals surface area contributed by atoms with E-state index in [9.17, 15) is 4.79 Å². The van der Waals surface area contributed by atoms with Crippen LogP contribution in [0, 0.1) is 13.8 Å². The summed E-state index contributed by atoms with van der Waals surface area (Å²) in [5.74, 6) is -0.0596. The average Bonchev–Trinajstić information content (AvgIpc) is 2.66. The van der Waals surface area contributed by atoms with E-state index < -0.39 is 0 Å². The van der Waals surface area contributed by atoms with E-state index in [1.807, 2.05) is 19.2 Å². The summed E-state index contributed by atoms with van der Waals surface area (Å²) < 4.78 is 0. The monoisotopic (exact) mass is 388 g/mol. The summed E-state index contributed by atoms with van der Waals surface area (Å²) in [4.78, 5) is 11.5. The van der Waals surface area contributed by atoms with Crippen LogP contribution in [-0.4, -0.2) is 13.0 Å². The number of carbonyl (C=O) groups excluding carboxylic acids is 1. The molecule has 2 aromatic carbocycles. The summed E-state index contributed by atoms with van der Waals surface area (Å²) in [6, 6.07) is 10.7. The first-order valence-corrected chi connectivity index (χ1v) is 9.99. The molecule has 0 aliphatic carbocycles. The van der Waals surface area contributed by atoms with E-state index in [-0.39, 0.29) is 5.91 Å². The molecule has 0 heterocycles. The van der Waals surface area contributed by atoms with E-state index in [4.69, 9.17) is 0 Å². The average molecular weight is 389 g/mol. The summed E-state index contributed by atoms with van der Waals surface area (Å²) in [6.45, 7) is 16.0. The molecule has 0 saturated carbocycles. The summed E-state index contributed by atoms with van der Waals surface area (Å²) in [5, 5.41) is 6.07.